The van der Waals surface area contributed by atoms with Crippen LogP contribution in [0, 0.1) is 29.5 Å². The third-order valence-electron chi connectivity index (χ3n) is 6.49. The number of anilines is 2. The van der Waals surface area contributed by atoms with Gasteiger partial charge in [0.25, 0.3) is 0 Å². The fourth-order valence-electron chi connectivity index (χ4n) is 4.84. The van der Waals surface area contributed by atoms with E-state index in [1.165, 1.54) is 30.5 Å². The molecule has 0 radical (unpaired) electrons. The molecule has 1 aliphatic rings. The van der Waals surface area contributed by atoms with Crippen molar-refractivity contribution in [2.24, 2.45) is 0 Å². The van der Waals surface area contributed by atoms with Crippen LogP contribution in [0.5, 0.6) is 0 Å². The van der Waals surface area contributed by atoms with Crippen LogP contribution < -0.4 is 10.6 Å². The molecule has 1 saturated heterocycles. The third kappa shape index (κ3) is 4.06. The van der Waals surface area contributed by atoms with Crippen LogP contribution in [0.15, 0.2) is 37.1 Å². The van der Waals surface area contributed by atoms with Gasteiger partial charge in [-0.25, -0.2) is 20.3 Å². The summed E-state index contributed by atoms with van der Waals surface area (Å²) in [5.41, 5.74) is 6.81. The number of carbonyl (C=O) groups is 1. The number of pyridine rings is 1. The first-order valence-corrected chi connectivity index (χ1v) is 12.5. The minimum absolute atomic E-state index is 0.00935. The van der Waals surface area contributed by atoms with Crippen molar-refractivity contribution in [2.45, 2.75) is 6.04 Å². The van der Waals surface area contributed by atoms with Gasteiger partial charge in [0.2, 0.25) is 12.5 Å². The number of nitrogens with two attached hydrogens (primary N) is 1. The Morgan fingerprint density at radius 3 is 2.89 bits per heavy atom. The Morgan fingerprint density at radius 1 is 1.39 bits per heavy atom. The van der Waals surface area contributed by atoms with E-state index in [4.69, 9.17) is 23.9 Å². The summed E-state index contributed by atoms with van der Waals surface area (Å²) in [6, 6.07) is 5.77. The topological polar surface area (TPSA) is 104 Å². The van der Waals surface area contributed by atoms with Crippen molar-refractivity contribution >= 4 is 60.8 Å². The fourth-order valence-corrected chi connectivity index (χ4v) is 5.90. The van der Waals surface area contributed by atoms with Gasteiger partial charge in [0, 0.05) is 42.3 Å². The molecule has 8 nitrogen and oxygen atoms in total. The van der Waals surface area contributed by atoms with Crippen molar-refractivity contribution in [2.75, 3.05) is 36.8 Å². The minimum atomic E-state index is -0.754. The molecule has 0 aliphatic carbocycles. The second-order valence-corrected chi connectivity index (χ2v) is 10.0. The maximum absolute atomic E-state index is 16.1. The Kier molecular flexibility index (Phi) is 6.57. The van der Waals surface area contributed by atoms with Crippen LogP contribution in [0.25, 0.3) is 37.1 Å². The number of nitrogen functional groups attached to an aromatic ring is 1. The molecule has 5 rings (SSSR count). The van der Waals surface area contributed by atoms with Crippen LogP contribution in [0.4, 0.5) is 19.6 Å². The van der Waals surface area contributed by atoms with Crippen LogP contribution in [-0.4, -0.2) is 53.0 Å². The van der Waals surface area contributed by atoms with E-state index >= 15 is 4.39 Å². The van der Waals surface area contributed by atoms with E-state index in [1.54, 1.807) is 4.90 Å². The molecule has 0 saturated carbocycles. The summed E-state index contributed by atoms with van der Waals surface area (Å²) in [4.78, 5) is 27.6. The lowest BCUT2D eigenvalue weighted by Crippen LogP contribution is -2.56. The van der Waals surface area contributed by atoms with Crippen molar-refractivity contribution in [3.63, 3.8) is 0 Å². The maximum Gasteiger partial charge on any atom is 0.246 e. The maximum atomic E-state index is 16.1. The Bertz CT molecular complexity index is 1730. The number of halogens is 3. The third-order valence-corrected chi connectivity index (χ3v) is 7.68. The summed E-state index contributed by atoms with van der Waals surface area (Å²) in [7, 11) is 0. The predicted octanol–water partition coefficient (Wildman–Crippen LogP) is 5.02. The van der Waals surface area contributed by atoms with Gasteiger partial charge in [-0.05, 0) is 24.3 Å². The highest BCUT2D eigenvalue weighted by atomic mass is 35.5. The first-order valence-electron chi connectivity index (χ1n) is 11.4. The number of fused-ring (bicyclic) bond motifs is 2. The van der Waals surface area contributed by atoms with E-state index in [9.17, 15) is 14.4 Å². The van der Waals surface area contributed by atoms with Gasteiger partial charge in [-0.1, -0.05) is 29.5 Å². The number of hydrogen-bond donors (Lipinski definition) is 1. The number of rotatable bonds is 4. The number of nitrogens with zero attached hydrogens (tertiary/aromatic N) is 6. The Balaban J connectivity index is 1.68. The van der Waals surface area contributed by atoms with Gasteiger partial charge in [-0.2, -0.15) is 5.26 Å². The highest BCUT2D eigenvalue weighted by Gasteiger charge is 2.34. The number of carbonyl (C=O) groups excluding carboxylic acids is 1. The highest BCUT2D eigenvalue weighted by Crippen LogP contribution is 2.43. The van der Waals surface area contributed by atoms with E-state index in [2.05, 4.69) is 27.5 Å². The lowest BCUT2D eigenvalue weighted by Gasteiger charge is -2.40. The fraction of sp³-hybridized carbons (Fsp3) is 0.192. The molecule has 0 unspecified atom stereocenters. The van der Waals surface area contributed by atoms with Gasteiger partial charge >= 0.3 is 0 Å². The molecular formula is C26H18ClF2N7OS. The van der Waals surface area contributed by atoms with Gasteiger partial charge in [0.1, 0.15) is 23.4 Å². The second kappa shape index (κ2) is 9.86. The summed E-state index contributed by atoms with van der Waals surface area (Å²) in [6.45, 7) is 11.8. The second-order valence-electron chi connectivity index (χ2n) is 8.58. The van der Waals surface area contributed by atoms with Crippen LogP contribution in [0.2, 0.25) is 5.02 Å². The Morgan fingerprint density at radius 2 is 2.18 bits per heavy atom. The molecule has 1 aliphatic heterocycles. The number of hydrogen-bond acceptors (Lipinski definition) is 7. The summed E-state index contributed by atoms with van der Waals surface area (Å²) in [5.74, 6) is -1.57. The molecule has 2 N–H and O–H groups in total. The number of piperazine rings is 1. The van der Waals surface area contributed by atoms with E-state index < -0.39 is 17.7 Å². The van der Waals surface area contributed by atoms with Crippen LogP contribution in [0.3, 0.4) is 0 Å². The molecule has 3 heterocycles. The molecule has 38 heavy (non-hydrogen) atoms. The predicted molar refractivity (Wildman–Crippen MR) is 144 cm³/mol. The monoisotopic (exact) mass is 549 g/mol. The quantitative estimate of drug-likeness (QED) is 0.283. The largest absolute Gasteiger partial charge is 0.375 e. The zero-order valence-corrected chi connectivity index (χ0v) is 21.3. The summed E-state index contributed by atoms with van der Waals surface area (Å²) in [6.07, 6.45) is 2.48. The summed E-state index contributed by atoms with van der Waals surface area (Å²) >= 11 is 7.59. The van der Waals surface area contributed by atoms with Crippen LogP contribution in [0.1, 0.15) is 5.56 Å². The van der Waals surface area contributed by atoms with Crippen molar-refractivity contribution in [1.29, 1.82) is 5.26 Å². The Labute approximate surface area is 225 Å². The zero-order valence-electron chi connectivity index (χ0n) is 19.7. The molecule has 1 atom stereocenters. The van der Waals surface area contributed by atoms with Crippen molar-refractivity contribution < 1.29 is 13.6 Å². The average molecular weight is 550 g/mol. The van der Waals surface area contributed by atoms with E-state index in [1.807, 2.05) is 4.90 Å². The van der Waals surface area contributed by atoms with Gasteiger partial charge in [0.15, 0.2) is 10.9 Å². The molecule has 4 aromatic rings. The lowest BCUT2D eigenvalue weighted by atomic mass is 9.99. The molecule has 2 aromatic carbocycles. The van der Waals surface area contributed by atoms with Crippen molar-refractivity contribution in [3.05, 3.63) is 70.7 Å². The number of nitriles is 1. The molecule has 12 heteroatoms. The van der Waals surface area contributed by atoms with E-state index in [-0.39, 0.29) is 68.1 Å². The molecule has 1 amide bonds. The minimum Gasteiger partial charge on any atom is -0.375 e. The normalized spacial score (nSPS) is 15.4. The van der Waals surface area contributed by atoms with E-state index in [0.29, 0.717) is 17.6 Å². The molecule has 2 aromatic heterocycles. The van der Waals surface area contributed by atoms with Crippen molar-refractivity contribution in [1.82, 2.24) is 14.9 Å². The molecule has 0 bridgehead atoms. The lowest BCUT2D eigenvalue weighted by molar-refractivity contribution is -0.128. The molecule has 190 valence electrons. The van der Waals surface area contributed by atoms with Crippen molar-refractivity contribution in [3.8, 4) is 17.2 Å². The van der Waals surface area contributed by atoms with Crippen LogP contribution >= 0.6 is 22.9 Å². The number of thiazole rings is 1. The smallest absolute Gasteiger partial charge is 0.246 e. The van der Waals surface area contributed by atoms with Crippen LogP contribution in [-0.2, 0) is 4.79 Å². The summed E-state index contributed by atoms with van der Waals surface area (Å²) < 4.78 is 30.7. The van der Waals surface area contributed by atoms with Gasteiger partial charge < -0.3 is 20.4 Å². The molecule has 1 fully saturated rings. The first kappa shape index (κ1) is 25.3. The number of amides is 1. The highest BCUT2D eigenvalue weighted by molar-refractivity contribution is 7.22. The average Bonchev–Trinajstić information content (AvgIpc) is 3.31. The summed E-state index contributed by atoms with van der Waals surface area (Å²) in [5, 5.41) is 10.3. The van der Waals surface area contributed by atoms with E-state index in [0.717, 1.165) is 11.3 Å². The van der Waals surface area contributed by atoms with Gasteiger partial charge in [0.05, 0.1) is 26.5 Å². The number of benzene rings is 2. The number of aromatic nitrogens is 2. The SMILES string of the molecule is [C-]#[N+]C[C@H]1CN(c2c(C#N)cnc3c(F)c(-c4ccc(F)c5sc(N)nc45)c(Cl)cc23)CCN1C(=O)C=C. The standard InChI is InChI=1S/C26H18ClF2N7OS/c1-3-19(37)36-7-6-35(12-14(36)11-32-2)24-13(9-30)10-33-22-16(24)8-17(27)20(21(22)29)15-4-5-18(28)25-23(15)34-26(31)38-25/h3-5,8,10,14H,1,6-7,11-12H2,(H2,31,34)/t14-/m0/s1. The molecular weight excluding hydrogens is 532 g/mol. The zero-order chi connectivity index (χ0) is 27.1. The first-order chi connectivity index (χ1) is 18.3. The molecule has 0 spiro atoms. The van der Waals surface area contributed by atoms with Gasteiger partial charge in [-0.15, -0.1) is 0 Å². The van der Waals surface area contributed by atoms with Gasteiger partial charge in [-0.3, -0.25) is 9.78 Å². The Hall–Kier alpha value is -4.32.